The summed E-state index contributed by atoms with van der Waals surface area (Å²) in [6.45, 7) is 5.49. The number of carbonyl (C=O) groups is 2. The Morgan fingerprint density at radius 3 is 2.81 bits per heavy atom. The molecule has 1 atom stereocenters. The molecule has 0 saturated carbocycles. The molecular formula is C15H22N2O4. The SMILES string of the molecule is CC(C)C1(C(=O)O)CCN(CC(=O)NCc2ccco2)C1. The summed E-state index contributed by atoms with van der Waals surface area (Å²) < 4.78 is 5.14. The van der Waals surface area contributed by atoms with Crippen molar-refractivity contribution < 1.29 is 19.1 Å². The van der Waals surface area contributed by atoms with Crippen LogP contribution in [0.5, 0.6) is 0 Å². The lowest BCUT2D eigenvalue weighted by molar-refractivity contribution is -0.151. The molecule has 1 aromatic heterocycles. The van der Waals surface area contributed by atoms with Gasteiger partial charge in [0.05, 0.1) is 24.8 Å². The van der Waals surface area contributed by atoms with Gasteiger partial charge in [-0.2, -0.15) is 0 Å². The molecule has 1 saturated heterocycles. The van der Waals surface area contributed by atoms with Crippen LogP contribution < -0.4 is 5.32 Å². The van der Waals surface area contributed by atoms with Crippen LogP contribution in [0.4, 0.5) is 0 Å². The maximum atomic E-state index is 11.9. The van der Waals surface area contributed by atoms with Crippen LogP contribution in [0.2, 0.25) is 0 Å². The normalized spacial score (nSPS) is 22.6. The van der Waals surface area contributed by atoms with Crippen LogP contribution in [0.1, 0.15) is 26.0 Å². The molecule has 0 radical (unpaired) electrons. The van der Waals surface area contributed by atoms with Gasteiger partial charge in [-0.15, -0.1) is 0 Å². The molecule has 2 heterocycles. The Hall–Kier alpha value is -1.82. The molecule has 2 N–H and O–H groups in total. The first-order valence-corrected chi connectivity index (χ1v) is 7.19. The third-order valence-electron chi connectivity index (χ3n) is 4.32. The maximum Gasteiger partial charge on any atom is 0.311 e. The quantitative estimate of drug-likeness (QED) is 0.827. The average molecular weight is 294 g/mol. The molecule has 0 aliphatic carbocycles. The number of likely N-dealkylation sites (tertiary alicyclic amines) is 1. The summed E-state index contributed by atoms with van der Waals surface area (Å²) in [7, 11) is 0. The van der Waals surface area contributed by atoms with Gasteiger partial charge in [0, 0.05) is 6.54 Å². The summed E-state index contributed by atoms with van der Waals surface area (Å²) >= 11 is 0. The Balaban J connectivity index is 1.84. The molecule has 1 unspecified atom stereocenters. The van der Waals surface area contributed by atoms with E-state index in [0.29, 0.717) is 31.8 Å². The maximum absolute atomic E-state index is 11.9. The molecule has 6 nitrogen and oxygen atoms in total. The van der Waals surface area contributed by atoms with Crippen molar-refractivity contribution in [3.05, 3.63) is 24.2 Å². The predicted octanol–water partition coefficient (Wildman–Crippen LogP) is 1.33. The highest BCUT2D eigenvalue weighted by atomic mass is 16.4. The molecule has 116 valence electrons. The zero-order valence-electron chi connectivity index (χ0n) is 12.5. The van der Waals surface area contributed by atoms with Gasteiger partial charge in [-0.05, 0) is 31.0 Å². The molecule has 0 aromatic carbocycles. The summed E-state index contributed by atoms with van der Waals surface area (Å²) in [5, 5.41) is 12.3. The molecule has 6 heteroatoms. The molecule has 1 aliphatic rings. The van der Waals surface area contributed by atoms with E-state index >= 15 is 0 Å². The summed E-state index contributed by atoms with van der Waals surface area (Å²) in [4.78, 5) is 25.3. The lowest BCUT2D eigenvalue weighted by Crippen LogP contribution is -2.41. The number of amides is 1. The Morgan fingerprint density at radius 2 is 2.29 bits per heavy atom. The number of rotatable bonds is 6. The first kappa shape index (κ1) is 15.6. The number of nitrogens with one attached hydrogen (secondary N) is 1. The number of hydrogen-bond donors (Lipinski definition) is 2. The summed E-state index contributed by atoms with van der Waals surface area (Å²) in [5.41, 5.74) is -0.735. The smallest absolute Gasteiger partial charge is 0.311 e. The number of carboxylic acids is 1. The first-order valence-electron chi connectivity index (χ1n) is 7.19. The predicted molar refractivity (Wildman–Crippen MR) is 76.5 cm³/mol. The van der Waals surface area contributed by atoms with E-state index in [9.17, 15) is 14.7 Å². The van der Waals surface area contributed by atoms with E-state index in [1.54, 1.807) is 18.4 Å². The van der Waals surface area contributed by atoms with Crippen molar-refractivity contribution >= 4 is 11.9 Å². The van der Waals surface area contributed by atoms with Gasteiger partial charge in [-0.1, -0.05) is 13.8 Å². The fourth-order valence-electron chi connectivity index (χ4n) is 2.80. The molecule has 1 aliphatic heterocycles. The topological polar surface area (TPSA) is 82.8 Å². The van der Waals surface area contributed by atoms with Crippen molar-refractivity contribution in [3.8, 4) is 0 Å². The Morgan fingerprint density at radius 1 is 1.52 bits per heavy atom. The lowest BCUT2D eigenvalue weighted by Gasteiger charge is -2.28. The van der Waals surface area contributed by atoms with E-state index in [4.69, 9.17) is 4.42 Å². The minimum Gasteiger partial charge on any atom is -0.481 e. The number of aliphatic carboxylic acids is 1. The van der Waals surface area contributed by atoms with E-state index in [1.165, 1.54) is 0 Å². The van der Waals surface area contributed by atoms with Gasteiger partial charge in [-0.3, -0.25) is 14.5 Å². The van der Waals surface area contributed by atoms with Crippen molar-refractivity contribution in [2.24, 2.45) is 11.3 Å². The van der Waals surface area contributed by atoms with Crippen molar-refractivity contribution in [1.82, 2.24) is 10.2 Å². The highest BCUT2D eigenvalue weighted by Crippen LogP contribution is 2.37. The van der Waals surface area contributed by atoms with Crippen LogP contribution >= 0.6 is 0 Å². The number of nitrogens with zero attached hydrogens (tertiary/aromatic N) is 1. The van der Waals surface area contributed by atoms with Gasteiger partial charge in [0.1, 0.15) is 5.76 Å². The van der Waals surface area contributed by atoms with E-state index in [1.807, 2.05) is 18.7 Å². The fourth-order valence-corrected chi connectivity index (χ4v) is 2.80. The zero-order chi connectivity index (χ0) is 15.5. The van der Waals surface area contributed by atoms with Crippen LogP contribution in [0.3, 0.4) is 0 Å². The second-order valence-electron chi connectivity index (χ2n) is 5.93. The molecular weight excluding hydrogens is 272 g/mol. The molecule has 1 fully saturated rings. The van der Waals surface area contributed by atoms with Gasteiger partial charge < -0.3 is 14.8 Å². The van der Waals surface area contributed by atoms with Crippen LogP contribution in [0, 0.1) is 11.3 Å². The van der Waals surface area contributed by atoms with E-state index in [-0.39, 0.29) is 18.4 Å². The van der Waals surface area contributed by atoms with E-state index in [0.717, 1.165) is 0 Å². The largest absolute Gasteiger partial charge is 0.481 e. The highest BCUT2D eigenvalue weighted by molar-refractivity contribution is 5.79. The molecule has 0 bridgehead atoms. The second-order valence-corrected chi connectivity index (χ2v) is 5.93. The number of carboxylic acid groups (broad SMARTS) is 1. The first-order chi connectivity index (χ1) is 9.94. The van der Waals surface area contributed by atoms with Crippen LogP contribution in [0.25, 0.3) is 0 Å². The van der Waals surface area contributed by atoms with Crippen molar-refractivity contribution in [3.63, 3.8) is 0 Å². The Labute approximate surface area is 124 Å². The zero-order valence-corrected chi connectivity index (χ0v) is 12.5. The number of hydrogen-bond acceptors (Lipinski definition) is 4. The van der Waals surface area contributed by atoms with Gasteiger partial charge in [0.15, 0.2) is 0 Å². The van der Waals surface area contributed by atoms with Crippen LogP contribution in [0.15, 0.2) is 22.8 Å². The molecule has 0 spiro atoms. The average Bonchev–Trinajstić information content (AvgIpc) is 3.05. The Kier molecular flexibility index (Phi) is 4.67. The minimum atomic E-state index is -0.768. The fraction of sp³-hybridized carbons (Fsp3) is 0.600. The Bertz CT molecular complexity index is 498. The molecule has 21 heavy (non-hydrogen) atoms. The molecule has 1 aromatic rings. The van der Waals surface area contributed by atoms with Crippen molar-refractivity contribution in [1.29, 1.82) is 0 Å². The third kappa shape index (κ3) is 3.44. The third-order valence-corrected chi connectivity index (χ3v) is 4.32. The van der Waals surface area contributed by atoms with E-state index < -0.39 is 11.4 Å². The number of carbonyl (C=O) groups excluding carboxylic acids is 1. The van der Waals surface area contributed by atoms with Crippen LogP contribution in [-0.2, 0) is 16.1 Å². The summed E-state index contributed by atoms with van der Waals surface area (Å²) in [6.07, 6.45) is 2.15. The highest BCUT2D eigenvalue weighted by Gasteiger charge is 2.47. The summed E-state index contributed by atoms with van der Waals surface area (Å²) in [6, 6.07) is 3.57. The van der Waals surface area contributed by atoms with E-state index in [2.05, 4.69) is 5.32 Å². The summed E-state index contributed by atoms with van der Waals surface area (Å²) in [5.74, 6) is -0.134. The van der Waals surface area contributed by atoms with Gasteiger partial charge in [0.25, 0.3) is 0 Å². The monoisotopic (exact) mass is 294 g/mol. The number of furan rings is 1. The van der Waals surface area contributed by atoms with Gasteiger partial charge in [-0.25, -0.2) is 0 Å². The van der Waals surface area contributed by atoms with Crippen molar-refractivity contribution in [2.75, 3.05) is 19.6 Å². The minimum absolute atomic E-state index is 0.0474. The van der Waals surface area contributed by atoms with Gasteiger partial charge in [0.2, 0.25) is 5.91 Å². The molecule has 1 amide bonds. The standard InChI is InChI=1S/C15H22N2O4/c1-11(2)15(14(19)20)5-6-17(10-15)9-13(18)16-8-12-4-3-7-21-12/h3-4,7,11H,5-6,8-10H2,1-2H3,(H,16,18)(H,19,20). The molecule has 2 rings (SSSR count). The van der Waals surface area contributed by atoms with Crippen LogP contribution in [-0.4, -0.2) is 41.5 Å². The lowest BCUT2D eigenvalue weighted by atomic mass is 9.76. The van der Waals surface area contributed by atoms with Gasteiger partial charge >= 0.3 is 5.97 Å². The second kappa shape index (κ2) is 6.30. The van der Waals surface area contributed by atoms with Crippen molar-refractivity contribution in [2.45, 2.75) is 26.8 Å².